The Morgan fingerprint density at radius 2 is 1.85 bits per heavy atom. The van der Waals surface area contributed by atoms with Gasteiger partial charge >= 0.3 is 0 Å². The molecular formula is C15H14INO3. The number of hydrogen-bond donors (Lipinski definition) is 1. The molecule has 2 aromatic rings. The molecule has 0 aliphatic heterocycles. The van der Waals surface area contributed by atoms with E-state index in [4.69, 9.17) is 9.47 Å². The zero-order chi connectivity index (χ0) is 14.5. The minimum absolute atomic E-state index is 0.168. The lowest BCUT2D eigenvalue weighted by atomic mass is 10.2. The lowest BCUT2D eigenvalue weighted by Gasteiger charge is -2.12. The normalized spacial score (nSPS) is 9.95. The number of amides is 1. The van der Waals surface area contributed by atoms with Crippen molar-refractivity contribution >= 4 is 34.2 Å². The van der Waals surface area contributed by atoms with Gasteiger partial charge in [-0.2, -0.15) is 0 Å². The summed E-state index contributed by atoms with van der Waals surface area (Å²) in [6, 6.07) is 12.7. The van der Waals surface area contributed by atoms with E-state index >= 15 is 0 Å². The van der Waals surface area contributed by atoms with Crippen LogP contribution in [0.25, 0.3) is 0 Å². The summed E-state index contributed by atoms with van der Waals surface area (Å²) in [6.45, 7) is 0. The van der Waals surface area contributed by atoms with Crippen molar-refractivity contribution in [2.75, 3.05) is 19.5 Å². The first kappa shape index (κ1) is 14.6. The Hall–Kier alpha value is -1.76. The monoisotopic (exact) mass is 383 g/mol. The highest BCUT2D eigenvalue weighted by atomic mass is 127. The van der Waals surface area contributed by atoms with Crippen LogP contribution < -0.4 is 14.8 Å². The maximum Gasteiger partial charge on any atom is 0.256 e. The first-order valence-corrected chi connectivity index (χ1v) is 7.01. The number of carbonyl (C=O) groups is 1. The number of nitrogens with one attached hydrogen (secondary N) is 1. The Morgan fingerprint density at radius 3 is 2.50 bits per heavy atom. The molecule has 2 rings (SSSR count). The van der Waals surface area contributed by atoms with Crippen LogP contribution in [0.3, 0.4) is 0 Å². The molecule has 0 spiro atoms. The molecular weight excluding hydrogens is 369 g/mol. The third-order valence-electron chi connectivity index (χ3n) is 2.78. The number of anilines is 1. The second-order valence-electron chi connectivity index (χ2n) is 4.00. The molecule has 104 valence electrons. The smallest absolute Gasteiger partial charge is 0.256 e. The molecule has 2 aromatic carbocycles. The average molecular weight is 383 g/mol. The van der Waals surface area contributed by atoms with Crippen LogP contribution >= 0.6 is 22.6 Å². The van der Waals surface area contributed by atoms with Gasteiger partial charge in [-0.1, -0.05) is 12.1 Å². The van der Waals surface area contributed by atoms with E-state index in [1.165, 1.54) is 0 Å². The van der Waals surface area contributed by atoms with Gasteiger partial charge in [0.1, 0.15) is 11.5 Å². The number of rotatable bonds is 4. The Kier molecular flexibility index (Phi) is 4.84. The third-order valence-corrected chi connectivity index (χ3v) is 3.72. The van der Waals surface area contributed by atoms with Gasteiger partial charge in [0.05, 0.1) is 25.5 Å². The second-order valence-corrected chi connectivity index (χ2v) is 5.16. The van der Waals surface area contributed by atoms with Crippen molar-refractivity contribution in [2.24, 2.45) is 0 Å². The van der Waals surface area contributed by atoms with Crippen molar-refractivity contribution in [1.82, 2.24) is 0 Å². The van der Waals surface area contributed by atoms with Gasteiger partial charge in [-0.3, -0.25) is 4.79 Å². The largest absolute Gasteiger partial charge is 0.497 e. The summed E-state index contributed by atoms with van der Waals surface area (Å²) in [4.78, 5) is 12.3. The van der Waals surface area contributed by atoms with Crippen LogP contribution in [0.5, 0.6) is 11.5 Å². The van der Waals surface area contributed by atoms with E-state index < -0.39 is 0 Å². The molecule has 0 atom stereocenters. The van der Waals surface area contributed by atoms with Gasteiger partial charge in [0, 0.05) is 9.64 Å². The molecule has 20 heavy (non-hydrogen) atoms. The van der Waals surface area contributed by atoms with Crippen LogP contribution in [0.1, 0.15) is 10.4 Å². The fourth-order valence-corrected chi connectivity index (χ4v) is 2.37. The van der Waals surface area contributed by atoms with Gasteiger partial charge in [-0.25, -0.2) is 0 Å². The Morgan fingerprint density at radius 1 is 1.10 bits per heavy atom. The second kappa shape index (κ2) is 6.60. The van der Waals surface area contributed by atoms with Gasteiger partial charge in [0.2, 0.25) is 0 Å². The number of halogens is 1. The summed E-state index contributed by atoms with van der Waals surface area (Å²) in [5, 5.41) is 2.85. The summed E-state index contributed by atoms with van der Waals surface area (Å²) >= 11 is 2.14. The topological polar surface area (TPSA) is 47.6 Å². The Bertz CT molecular complexity index is 628. The van der Waals surface area contributed by atoms with Crippen molar-refractivity contribution in [3.63, 3.8) is 0 Å². The van der Waals surface area contributed by atoms with Crippen LogP contribution in [-0.2, 0) is 0 Å². The summed E-state index contributed by atoms with van der Waals surface area (Å²) < 4.78 is 11.3. The fraction of sp³-hybridized carbons (Fsp3) is 0.133. The van der Waals surface area contributed by atoms with Gasteiger partial charge < -0.3 is 14.8 Å². The summed E-state index contributed by atoms with van der Waals surface area (Å²) in [5.74, 6) is 1.07. The molecule has 0 saturated heterocycles. The molecule has 1 N–H and O–H groups in total. The predicted octanol–water partition coefficient (Wildman–Crippen LogP) is 3.56. The van der Waals surface area contributed by atoms with E-state index in [0.717, 1.165) is 3.57 Å². The molecule has 1 amide bonds. The van der Waals surface area contributed by atoms with Gasteiger partial charge in [-0.15, -0.1) is 0 Å². The first-order valence-electron chi connectivity index (χ1n) is 5.93. The lowest BCUT2D eigenvalue weighted by molar-refractivity contribution is 0.102. The molecule has 0 bridgehead atoms. The summed E-state index contributed by atoms with van der Waals surface area (Å²) in [7, 11) is 3.13. The van der Waals surface area contributed by atoms with Crippen LogP contribution in [0, 0.1) is 3.57 Å². The van der Waals surface area contributed by atoms with Crippen molar-refractivity contribution in [1.29, 1.82) is 0 Å². The summed E-state index contributed by atoms with van der Waals surface area (Å²) in [6.07, 6.45) is 0. The molecule has 0 unspecified atom stereocenters. The number of ether oxygens (including phenoxy) is 2. The van der Waals surface area contributed by atoms with E-state index in [-0.39, 0.29) is 5.91 Å². The standard InChI is InChI=1S/C15H14INO3/c1-19-10-7-8-13(14(9-10)20-2)17-15(18)11-5-3-4-6-12(11)16/h3-9H,1-2H3,(H,17,18). The lowest BCUT2D eigenvalue weighted by Crippen LogP contribution is -2.14. The van der Waals surface area contributed by atoms with Crippen LogP contribution in [0.2, 0.25) is 0 Å². The molecule has 0 aromatic heterocycles. The van der Waals surface area contributed by atoms with E-state index in [0.29, 0.717) is 22.7 Å². The molecule has 0 fully saturated rings. The van der Waals surface area contributed by atoms with E-state index in [2.05, 4.69) is 27.9 Å². The molecule has 4 nitrogen and oxygen atoms in total. The van der Waals surface area contributed by atoms with Crippen LogP contribution in [-0.4, -0.2) is 20.1 Å². The Balaban J connectivity index is 2.26. The van der Waals surface area contributed by atoms with E-state index in [9.17, 15) is 4.79 Å². The third kappa shape index (κ3) is 3.22. The zero-order valence-corrected chi connectivity index (χ0v) is 13.3. The van der Waals surface area contributed by atoms with Gasteiger partial charge in [-0.05, 0) is 46.9 Å². The summed E-state index contributed by atoms with van der Waals surface area (Å²) in [5.41, 5.74) is 1.24. The maximum absolute atomic E-state index is 12.3. The SMILES string of the molecule is COc1ccc(NC(=O)c2ccccc2I)c(OC)c1. The van der Waals surface area contributed by atoms with E-state index in [1.807, 2.05) is 18.2 Å². The molecule has 5 heteroatoms. The number of methoxy groups -OCH3 is 2. The highest BCUT2D eigenvalue weighted by Gasteiger charge is 2.12. The number of benzene rings is 2. The first-order chi connectivity index (χ1) is 9.65. The van der Waals surface area contributed by atoms with Gasteiger partial charge in [0.15, 0.2) is 0 Å². The zero-order valence-electron chi connectivity index (χ0n) is 11.1. The highest BCUT2D eigenvalue weighted by Crippen LogP contribution is 2.29. The molecule has 0 heterocycles. The molecule has 0 aliphatic carbocycles. The number of carbonyl (C=O) groups excluding carboxylic acids is 1. The molecule has 0 saturated carbocycles. The van der Waals surface area contributed by atoms with Crippen LogP contribution in [0.4, 0.5) is 5.69 Å². The quantitative estimate of drug-likeness (QED) is 0.822. The minimum atomic E-state index is -0.168. The van der Waals surface area contributed by atoms with E-state index in [1.54, 1.807) is 38.5 Å². The molecule has 0 radical (unpaired) electrons. The maximum atomic E-state index is 12.3. The van der Waals surface area contributed by atoms with Gasteiger partial charge in [0.25, 0.3) is 5.91 Å². The Labute approximate surface area is 131 Å². The average Bonchev–Trinajstić information content (AvgIpc) is 2.48. The van der Waals surface area contributed by atoms with Crippen molar-refractivity contribution < 1.29 is 14.3 Å². The highest BCUT2D eigenvalue weighted by molar-refractivity contribution is 14.1. The minimum Gasteiger partial charge on any atom is -0.497 e. The predicted molar refractivity (Wildman–Crippen MR) is 86.7 cm³/mol. The van der Waals surface area contributed by atoms with Crippen molar-refractivity contribution in [3.8, 4) is 11.5 Å². The van der Waals surface area contributed by atoms with Crippen LogP contribution in [0.15, 0.2) is 42.5 Å². The fourth-order valence-electron chi connectivity index (χ4n) is 1.74. The number of hydrogen-bond acceptors (Lipinski definition) is 3. The van der Waals surface area contributed by atoms with Crippen molar-refractivity contribution in [3.05, 3.63) is 51.6 Å². The molecule has 0 aliphatic rings. The van der Waals surface area contributed by atoms with Crippen molar-refractivity contribution in [2.45, 2.75) is 0 Å².